The van der Waals surface area contributed by atoms with Crippen molar-refractivity contribution < 1.29 is 0 Å². The fraction of sp³-hybridized carbons (Fsp3) is 0.667. The Hall–Kier alpha value is -0.860. The highest BCUT2D eigenvalue weighted by atomic mass is 15.2. The Morgan fingerprint density at radius 1 is 1.20 bits per heavy atom. The summed E-state index contributed by atoms with van der Waals surface area (Å²) in [5.74, 6) is 0. The summed E-state index contributed by atoms with van der Waals surface area (Å²) in [5.41, 5.74) is 1.96. The van der Waals surface area contributed by atoms with Crippen molar-refractivity contribution in [2.45, 2.75) is 52.1 Å². The van der Waals surface area contributed by atoms with Gasteiger partial charge in [0.25, 0.3) is 0 Å². The molecular weight excluding hydrogens is 244 g/mol. The highest BCUT2D eigenvalue weighted by molar-refractivity contribution is 5.20. The molecule has 1 fully saturated rings. The lowest BCUT2D eigenvalue weighted by atomic mass is 9.82. The molecule has 2 rings (SSSR count). The normalized spacial score (nSPS) is 21.8. The van der Waals surface area contributed by atoms with Crippen LogP contribution in [0.1, 0.15) is 51.6 Å². The zero-order chi connectivity index (χ0) is 14.6. The first kappa shape index (κ1) is 15.5. The van der Waals surface area contributed by atoms with Crippen molar-refractivity contribution >= 4 is 0 Å². The van der Waals surface area contributed by atoms with Crippen molar-refractivity contribution in [1.82, 2.24) is 10.2 Å². The molecule has 1 N–H and O–H groups in total. The van der Waals surface area contributed by atoms with Crippen molar-refractivity contribution in [1.29, 1.82) is 0 Å². The Bertz CT molecular complexity index is 397. The highest BCUT2D eigenvalue weighted by Gasteiger charge is 2.38. The summed E-state index contributed by atoms with van der Waals surface area (Å²) in [6, 6.07) is 11.8. The second-order valence-electron chi connectivity index (χ2n) is 6.35. The summed E-state index contributed by atoms with van der Waals surface area (Å²) in [7, 11) is 2.08. The predicted molar refractivity (Wildman–Crippen MR) is 86.9 cm³/mol. The van der Waals surface area contributed by atoms with Gasteiger partial charge < -0.3 is 5.32 Å². The van der Waals surface area contributed by atoms with Crippen LogP contribution in [-0.2, 0) is 0 Å². The van der Waals surface area contributed by atoms with Gasteiger partial charge in [-0.1, -0.05) is 44.2 Å². The topological polar surface area (TPSA) is 15.3 Å². The molecule has 1 saturated heterocycles. The second-order valence-corrected chi connectivity index (χ2v) is 6.35. The Morgan fingerprint density at radius 3 is 2.35 bits per heavy atom. The van der Waals surface area contributed by atoms with E-state index >= 15 is 0 Å². The van der Waals surface area contributed by atoms with Gasteiger partial charge in [-0.3, -0.25) is 4.90 Å². The lowest BCUT2D eigenvalue weighted by molar-refractivity contribution is 0.174. The van der Waals surface area contributed by atoms with E-state index in [9.17, 15) is 0 Å². The third kappa shape index (κ3) is 3.07. The Labute approximate surface area is 124 Å². The lowest BCUT2D eigenvalue weighted by Gasteiger charge is -2.34. The van der Waals surface area contributed by atoms with Gasteiger partial charge in [0, 0.05) is 18.6 Å². The summed E-state index contributed by atoms with van der Waals surface area (Å²) in [6.45, 7) is 9.57. The van der Waals surface area contributed by atoms with Crippen molar-refractivity contribution in [3.05, 3.63) is 35.9 Å². The molecule has 112 valence electrons. The SMILES string of the molecule is CCC1(CC)CCN(C(C)C(NC)c2ccccc2)C1. The molecule has 0 aliphatic carbocycles. The quantitative estimate of drug-likeness (QED) is 0.847. The highest BCUT2D eigenvalue weighted by Crippen LogP contribution is 2.39. The van der Waals surface area contributed by atoms with E-state index in [2.05, 4.69) is 68.4 Å². The van der Waals surface area contributed by atoms with Crippen LogP contribution < -0.4 is 5.32 Å². The minimum atomic E-state index is 0.417. The number of hydrogen-bond donors (Lipinski definition) is 1. The van der Waals surface area contributed by atoms with E-state index in [-0.39, 0.29) is 0 Å². The van der Waals surface area contributed by atoms with Gasteiger partial charge in [0.2, 0.25) is 0 Å². The second kappa shape index (κ2) is 6.73. The first-order valence-corrected chi connectivity index (χ1v) is 8.12. The molecule has 2 nitrogen and oxygen atoms in total. The number of rotatable bonds is 6. The molecule has 0 radical (unpaired) electrons. The van der Waals surface area contributed by atoms with E-state index in [0.717, 1.165) is 0 Å². The Kier molecular flexibility index (Phi) is 5.22. The van der Waals surface area contributed by atoms with Crippen LogP contribution in [-0.4, -0.2) is 31.1 Å². The monoisotopic (exact) mass is 274 g/mol. The maximum absolute atomic E-state index is 3.52. The molecule has 1 heterocycles. The molecule has 0 spiro atoms. The minimum absolute atomic E-state index is 0.417. The summed E-state index contributed by atoms with van der Waals surface area (Å²) < 4.78 is 0. The zero-order valence-electron chi connectivity index (χ0n) is 13.5. The first-order valence-electron chi connectivity index (χ1n) is 8.12. The van der Waals surface area contributed by atoms with Crippen LogP contribution in [0.15, 0.2) is 30.3 Å². The van der Waals surface area contributed by atoms with Crippen molar-refractivity contribution in [3.63, 3.8) is 0 Å². The van der Waals surface area contributed by atoms with Crippen LogP contribution >= 0.6 is 0 Å². The third-order valence-corrected chi connectivity index (χ3v) is 5.50. The van der Waals surface area contributed by atoms with E-state index < -0.39 is 0 Å². The molecule has 20 heavy (non-hydrogen) atoms. The predicted octanol–water partition coefficient (Wildman–Crippen LogP) is 3.85. The summed E-state index contributed by atoms with van der Waals surface area (Å²) >= 11 is 0. The fourth-order valence-corrected chi connectivity index (χ4v) is 3.70. The summed E-state index contributed by atoms with van der Waals surface area (Å²) in [5, 5.41) is 3.52. The molecule has 1 aliphatic rings. The van der Waals surface area contributed by atoms with Gasteiger partial charge in [-0.15, -0.1) is 0 Å². The molecule has 1 aromatic carbocycles. The molecule has 0 saturated carbocycles. The molecule has 0 amide bonds. The molecule has 1 aromatic rings. The molecule has 2 unspecified atom stereocenters. The van der Waals surface area contributed by atoms with Gasteiger partial charge >= 0.3 is 0 Å². The summed E-state index contributed by atoms with van der Waals surface area (Å²) in [4.78, 5) is 2.68. The van der Waals surface area contributed by atoms with E-state index in [4.69, 9.17) is 0 Å². The van der Waals surface area contributed by atoms with Crippen LogP contribution in [0.25, 0.3) is 0 Å². The zero-order valence-corrected chi connectivity index (χ0v) is 13.5. The summed E-state index contributed by atoms with van der Waals surface area (Å²) in [6.07, 6.45) is 3.97. The molecular formula is C18H30N2. The number of hydrogen-bond acceptors (Lipinski definition) is 2. The van der Waals surface area contributed by atoms with Crippen LogP contribution in [0.5, 0.6) is 0 Å². The smallest absolute Gasteiger partial charge is 0.0473 e. The van der Waals surface area contributed by atoms with E-state index in [0.29, 0.717) is 17.5 Å². The number of likely N-dealkylation sites (tertiary alicyclic amines) is 1. The van der Waals surface area contributed by atoms with Crippen LogP contribution in [0, 0.1) is 5.41 Å². The number of likely N-dealkylation sites (N-methyl/N-ethyl adjacent to an activating group) is 1. The standard InChI is InChI=1S/C18H30N2/c1-5-18(6-2)12-13-20(14-18)15(3)17(19-4)16-10-8-7-9-11-16/h7-11,15,17,19H,5-6,12-14H2,1-4H3. The van der Waals surface area contributed by atoms with E-state index in [1.165, 1.54) is 37.9 Å². The van der Waals surface area contributed by atoms with Gasteiger partial charge in [0.1, 0.15) is 0 Å². The van der Waals surface area contributed by atoms with Crippen LogP contribution in [0.3, 0.4) is 0 Å². The lowest BCUT2D eigenvalue weighted by Crippen LogP contribution is -2.41. The van der Waals surface area contributed by atoms with Gasteiger partial charge in [0.15, 0.2) is 0 Å². The molecule has 0 bridgehead atoms. The Balaban J connectivity index is 2.09. The van der Waals surface area contributed by atoms with Gasteiger partial charge in [-0.05, 0) is 50.8 Å². The van der Waals surface area contributed by atoms with Gasteiger partial charge in [-0.25, -0.2) is 0 Å². The van der Waals surface area contributed by atoms with Crippen molar-refractivity contribution in [2.24, 2.45) is 5.41 Å². The van der Waals surface area contributed by atoms with E-state index in [1.54, 1.807) is 0 Å². The number of nitrogens with one attached hydrogen (secondary N) is 1. The maximum atomic E-state index is 3.52. The largest absolute Gasteiger partial charge is 0.312 e. The minimum Gasteiger partial charge on any atom is -0.312 e. The molecule has 2 atom stereocenters. The van der Waals surface area contributed by atoms with Gasteiger partial charge in [-0.2, -0.15) is 0 Å². The van der Waals surface area contributed by atoms with Crippen LogP contribution in [0.4, 0.5) is 0 Å². The first-order chi connectivity index (χ1) is 9.65. The van der Waals surface area contributed by atoms with E-state index in [1.807, 2.05) is 0 Å². The maximum Gasteiger partial charge on any atom is 0.0473 e. The molecule has 0 aromatic heterocycles. The molecule has 1 aliphatic heterocycles. The average Bonchev–Trinajstić information content (AvgIpc) is 2.94. The van der Waals surface area contributed by atoms with Crippen LogP contribution in [0.2, 0.25) is 0 Å². The van der Waals surface area contributed by atoms with Gasteiger partial charge in [0.05, 0.1) is 0 Å². The molecule has 2 heteroatoms. The third-order valence-electron chi connectivity index (χ3n) is 5.50. The average molecular weight is 274 g/mol. The van der Waals surface area contributed by atoms with Crippen molar-refractivity contribution in [3.8, 4) is 0 Å². The number of nitrogens with zero attached hydrogens (tertiary/aromatic N) is 1. The number of benzene rings is 1. The Morgan fingerprint density at radius 2 is 1.85 bits per heavy atom. The fourth-order valence-electron chi connectivity index (χ4n) is 3.70. The van der Waals surface area contributed by atoms with Crippen molar-refractivity contribution in [2.75, 3.05) is 20.1 Å².